The number of nitro benzene ring substituents is 1. The van der Waals surface area contributed by atoms with Gasteiger partial charge in [0.1, 0.15) is 11.5 Å². The van der Waals surface area contributed by atoms with E-state index in [9.17, 15) is 24.1 Å². The van der Waals surface area contributed by atoms with Crippen LogP contribution >= 0.6 is 0 Å². The second kappa shape index (κ2) is 8.70. The van der Waals surface area contributed by atoms with Gasteiger partial charge in [0, 0.05) is 32.2 Å². The molecule has 1 aliphatic carbocycles. The van der Waals surface area contributed by atoms with E-state index in [-0.39, 0.29) is 40.8 Å². The average Bonchev–Trinajstić information content (AvgIpc) is 3.08. The minimum Gasteiger partial charge on any atom is -0.366 e. The van der Waals surface area contributed by atoms with Gasteiger partial charge in [0.2, 0.25) is 11.8 Å². The molecule has 2 aromatic carbocycles. The molecule has 8 nitrogen and oxygen atoms in total. The average molecular weight is 467 g/mol. The number of anilines is 3. The number of fused-ring (bicyclic) bond motifs is 1. The first kappa shape index (κ1) is 22.3. The summed E-state index contributed by atoms with van der Waals surface area (Å²) < 4.78 is 14.1. The van der Waals surface area contributed by atoms with Crippen molar-refractivity contribution in [2.75, 3.05) is 40.9 Å². The molecule has 2 saturated heterocycles. The quantitative estimate of drug-likeness (QED) is 0.385. The van der Waals surface area contributed by atoms with Crippen molar-refractivity contribution < 1.29 is 18.9 Å². The van der Waals surface area contributed by atoms with Gasteiger partial charge in [-0.25, -0.2) is 9.29 Å². The molecule has 3 atom stereocenters. The molecule has 0 bridgehead atoms. The summed E-state index contributed by atoms with van der Waals surface area (Å²) in [5.41, 5.74) is 1.08. The lowest BCUT2D eigenvalue weighted by Gasteiger charge is -2.37. The molecule has 0 N–H and O–H groups in total. The van der Waals surface area contributed by atoms with Gasteiger partial charge in [-0.1, -0.05) is 19.1 Å². The lowest BCUT2D eigenvalue weighted by molar-refractivity contribution is -0.384. The zero-order valence-electron chi connectivity index (χ0n) is 19.0. The van der Waals surface area contributed by atoms with Crippen LogP contribution in [-0.2, 0) is 9.59 Å². The summed E-state index contributed by atoms with van der Waals surface area (Å²) in [6.07, 6.45) is 2.27. The number of piperazine rings is 1. The zero-order valence-corrected chi connectivity index (χ0v) is 19.0. The SMILES string of the molecule is C[C@@H]1CC[C@H]2C(=O)N(c3ccc(N4CCN(c5ccccc5F)CC4)c([N+](=O)[O-])c3)C(=O)[C@@H]2C1. The Morgan fingerprint density at radius 3 is 2.24 bits per heavy atom. The Morgan fingerprint density at radius 1 is 0.912 bits per heavy atom. The molecule has 2 aromatic rings. The molecule has 34 heavy (non-hydrogen) atoms. The largest absolute Gasteiger partial charge is 0.366 e. The third-order valence-electron chi connectivity index (χ3n) is 7.42. The van der Waals surface area contributed by atoms with Crippen LogP contribution in [0, 0.1) is 33.7 Å². The molecule has 178 valence electrons. The number of nitrogens with zero attached hydrogens (tertiary/aromatic N) is 4. The van der Waals surface area contributed by atoms with E-state index in [1.807, 2.05) is 9.80 Å². The number of imide groups is 1. The van der Waals surface area contributed by atoms with Crippen LogP contribution in [-0.4, -0.2) is 42.9 Å². The fourth-order valence-electron chi connectivity index (χ4n) is 5.61. The summed E-state index contributed by atoms with van der Waals surface area (Å²) in [5.74, 6) is -1.06. The Hall–Kier alpha value is -3.49. The Balaban J connectivity index is 1.38. The van der Waals surface area contributed by atoms with E-state index < -0.39 is 4.92 Å². The molecule has 0 radical (unpaired) electrons. The zero-order chi connectivity index (χ0) is 24.0. The number of benzene rings is 2. The van der Waals surface area contributed by atoms with Crippen LogP contribution in [0.1, 0.15) is 26.2 Å². The first-order chi connectivity index (χ1) is 16.3. The standard InChI is InChI=1S/C25H27FN4O4/c1-16-6-8-18-19(14-16)25(32)29(24(18)31)17-7-9-22(23(15-17)30(33)34)28-12-10-27(11-13-28)21-5-3-2-4-20(21)26/h2-5,7,9,15-16,18-19H,6,8,10-14H2,1H3/t16-,18-,19-/m1/s1. The monoisotopic (exact) mass is 466 g/mol. The van der Waals surface area contributed by atoms with Crippen LogP contribution in [0.2, 0.25) is 0 Å². The van der Waals surface area contributed by atoms with Crippen molar-refractivity contribution in [3.05, 3.63) is 58.4 Å². The summed E-state index contributed by atoms with van der Waals surface area (Å²) in [6, 6.07) is 11.2. The summed E-state index contributed by atoms with van der Waals surface area (Å²) in [4.78, 5) is 42.5. The molecular weight excluding hydrogens is 439 g/mol. The Labute approximate surface area is 197 Å². The number of rotatable bonds is 4. The van der Waals surface area contributed by atoms with Crippen molar-refractivity contribution in [2.24, 2.45) is 17.8 Å². The van der Waals surface area contributed by atoms with Crippen molar-refractivity contribution in [3.63, 3.8) is 0 Å². The van der Waals surface area contributed by atoms with Crippen LogP contribution in [0.25, 0.3) is 0 Å². The van der Waals surface area contributed by atoms with E-state index in [0.717, 1.165) is 11.3 Å². The molecule has 0 aromatic heterocycles. The smallest absolute Gasteiger partial charge is 0.294 e. The highest BCUT2D eigenvalue weighted by molar-refractivity contribution is 6.22. The molecule has 5 rings (SSSR count). The topological polar surface area (TPSA) is 87.0 Å². The summed E-state index contributed by atoms with van der Waals surface area (Å²) in [5, 5.41) is 11.9. The van der Waals surface area contributed by atoms with Gasteiger partial charge in [-0.15, -0.1) is 0 Å². The van der Waals surface area contributed by atoms with Crippen LogP contribution in [0.5, 0.6) is 0 Å². The van der Waals surface area contributed by atoms with Gasteiger partial charge >= 0.3 is 0 Å². The second-order valence-electron chi connectivity index (χ2n) is 9.50. The molecule has 9 heteroatoms. The number of carbonyl (C=O) groups excluding carboxylic acids is 2. The van der Waals surface area contributed by atoms with E-state index in [1.54, 1.807) is 30.3 Å². The van der Waals surface area contributed by atoms with Gasteiger partial charge in [0.05, 0.1) is 28.1 Å². The molecule has 2 heterocycles. The number of halogens is 1. The van der Waals surface area contributed by atoms with Crippen molar-refractivity contribution >= 4 is 34.6 Å². The summed E-state index contributed by atoms with van der Waals surface area (Å²) in [7, 11) is 0. The van der Waals surface area contributed by atoms with Crippen LogP contribution in [0.4, 0.5) is 27.1 Å². The third-order valence-corrected chi connectivity index (χ3v) is 7.42. The van der Waals surface area contributed by atoms with E-state index >= 15 is 0 Å². The number of nitro groups is 1. The summed E-state index contributed by atoms with van der Waals surface area (Å²) >= 11 is 0. The first-order valence-electron chi connectivity index (χ1n) is 11.8. The molecule has 3 aliphatic rings. The lowest BCUT2D eigenvalue weighted by atomic mass is 9.76. The van der Waals surface area contributed by atoms with Gasteiger partial charge in [0.25, 0.3) is 5.69 Å². The Kier molecular flexibility index (Phi) is 5.71. The molecule has 0 spiro atoms. The summed E-state index contributed by atoms with van der Waals surface area (Å²) in [6.45, 7) is 4.09. The maximum absolute atomic E-state index is 14.1. The number of hydrogen-bond donors (Lipinski definition) is 0. The van der Waals surface area contributed by atoms with Crippen molar-refractivity contribution in [1.29, 1.82) is 0 Å². The predicted molar refractivity (Wildman–Crippen MR) is 126 cm³/mol. The molecule has 2 aliphatic heterocycles. The molecule has 3 fully saturated rings. The predicted octanol–water partition coefficient (Wildman–Crippen LogP) is 3.99. The fraction of sp³-hybridized carbons (Fsp3) is 0.440. The minimum atomic E-state index is -0.470. The van der Waals surface area contributed by atoms with Gasteiger partial charge in [-0.05, 0) is 49.4 Å². The van der Waals surface area contributed by atoms with Gasteiger partial charge < -0.3 is 9.80 Å². The molecule has 2 amide bonds. The Bertz CT molecular complexity index is 1150. The molecule has 0 unspecified atom stereocenters. The van der Waals surface area contributed by atoms with Gasteiger partial charge in [-0.3, -0.25) is 19.7 Å². The van der Waals surface area contributed by atoms with E-state index in [2.05, 4.69) is 6.92 Å². The third kappa shape index (κ3) is 3.78. The van der Waals surface area contributed by atoms with Gasteiger partial charge in [0.15, 0.2) is 0 Å². The number of amides is 2. The Morgan fingerprint density at radius 2 is 1.56 bits per heavy atom. The van der Waals surface area contributed by atoms with Crippen LogP contribution in [0.15, 0.2) is 42.5 Å². The number of para-hydroxylation sites is 1. The minimum absolute atomic E-state index is 0.138. The van der Waals surface area contributed by atoms with Crippen molar-refractivity contribution in [2.45, 2.75) is 26.2 Å². The van der Waals surface area contributed by atoms with Crippen molar-refractivity contribution in [3.8, 4) is 0 Å². The maximum atomic E-state index is 14.1. The van der Waals surface area contributed by atoms with Crippen molar-refractivity contribution in [1.82, 2.24) is 0 Å². The van der Waals surface area contributed by atoms with E-state index in [1.165, 1.54) is 12.1 Å². The highest BCUT2D eigenvalue weighted by atomic mass is 19.1. The normalized spacial score (nSPS) is 25.0. The number of hydrogen-bond acceptors (Lipinski definition) is 6. The van der Waals surface area contributed by atoms with Crippen LogP contribution in [0.3, 0.4) is 0 Å². The highest BCUT2D eigenvalue weighted by Gasteiger charge is 2.50. The van der Waals surface area contributed by atoms with E-state index in [0.29, 0.717) is 56.3 Å². The fourth-order valence-corrected chi connectivity index (χ4v) is 5.61. The number of carbonyl (C=O) groups is 2. The van der Waals surface area contributed by atoms with E-state index in [4.69, 9.17) is 0 Å². The molecule has 1 saturated carbocycles. The lowest BCUT2D eigenvalue weighted by Crippen LogP contribution is -2.47. The second-order valence-corrected chi connectivity index (χ2v) is 9.50. The van der Waals surface area contributed by atoms with Gasteiger partial charge in [-0.2, -0.15) is 0 Å². The maximum Gasteiger partial charge on any atom is 0.294 e. The van der Waals surface area contributed by atoms with Crippen LogP contribution < -0.4 is 14.7 Å². The molecular formula is C25H27FN4O4. The first-order valence-corrected chi connectivity index (χ1v) is 11.8. The highest BCUT2D eigenvalue weighted by Crippen LogP contribution is 2.43.